The molecule has 0 atom stereocenters. The molecule has 0 saturated carbocycles. The minimum atomic E-state index is 0.553. The van der Waals surface area contributed by atoms with Gasteiger partial charge in [-0.15, -0.1) is 0 Å². The lowest BCUT2D eigenvalue weighted by atomic mass is 10.2. The molecule has 1 rings (SSSR count). The first kappa shape index (κ1) is 10.8. The molecule has 0 bridgehead atoms. The van der Waals surface area contributed by atoms with E-state index < -0.39 is 0 Å². The summed E-state index contributed by atoms with van der Waals surface area (Å²) < 4.78 is 5.39. The van der Waals surface area contributed by atoms with E-state index in [1.807, 2.05) is 12.2 Å². The molecule has 0 saturated heterocycles. The van der Waals surface area contributed by atoms with Gasteiger partial charge in [-0.25, -0.2) is 0 Å². The number of rotatable bonds is 4. The quantitative estimate of drug-likeness (QED) is 0.609. The first-order valence-electron chi connectivity index (χ1n) is 4.20. The number of nitrogens with zero attached hydrogens (tertiary/aromatic N) is 1. The van der Waals surface area contributed by atoms with Crippen molar-refractivity contribution in [3.05, 3.63) is 42.0 Å². The lowest BCUT2D eigenvalue weighted by molar-refractivity contribution is 0.363. The zero-order chi connectivity index (χ0) is 10.2. The van der Waals surface area contributed by atoms with Gasteiger partial charge in [-0.05, 0) is 24.3 Å². The van der Waals surface area contributed by atoms with E-state index in [1.165, 1.54) is 0 Å². The Morgan fingerprint density at radius 2 is 2.00 bits per heavy atom. The van der Waals surface area contributed by atoms with Crippen molar-refractivity contribution in [2.75, 3.05) is 11.9 Å². The van der Waals surface area contributed by atoms with Crippen LogP contribution in [0.15, 0.2) is 36.4 Å². The van der Waals surface area contributed by atoms with Crippen molar-refractivity contribution in [2.45, 2.75) is 0 Å². The summed E-state index contributed by atoms with van der Waals surface area (Å²) in [6.07, 6.45) is 3.91. The standard InChI is InChI=1S/C11H10BrNO/c12-7-1-2-8-14-11-5-3-10(9-13)4-6-11/h1-6H,7-8H2/b2-1+. The zero-order valence-corrected chi connectivity index (χ0v) is 9.20. The predicted molar refractivity (Wildman–Crippen MR) is 59.6 cm³/mol. The van der Waals surface area contributed by atoms with Crippen LogP contribution in [0, 0.1) is 11.3 Å². The molecule has 0 unspecified atom stereocenters. The van der Waals surface area contributed by atoms with Crippen molar-refractivity contribution in [1.82, 2.24) is 0 Å². The summed E-state index contributed by atoms with van der Waals surface area (Å²) in [5.74, 6) is 0.781. The maximum absolute atomic E-state index is 8.57. The third kappa shape index (κ3) is 3.63. The van der Waals surface area contributed by atoms with Gasteiger partial charge < -0.3 is 4.74 Å². The average molecular weight is 252 g/mol. The largest absolute Gasteiger partial charge is 0.490 e. The van der Waals surface area contributed by atoms with Gasteiger partial charge in [-0.3, -0.25) is 0 Å². The summed E-state index contributed by atoms with van der Waals surface area (Å²) in [6, 6.07) is 9.12. The van der Waals surface area contributed by atoms with Crippen LogP contribution in [-0.2, 0) is 0 Å². The van der Waals surface area contributed by atoms with Crippen LogP contribution in [0.1, 0.15) is 5.56 Å². The maximum atomic E-state index is 8.57. The van der Waals surface area contributed by atoms with Crippen LogP contribution in [0.5, 0.6) is 5.75 Å². The smallest absolute Gasteiger partial charge is 0.119 e. The third-order valence-electron chi connectivity index (χ3n) is 1.59. The van der Waals surface area contributed by atoms with Gasteiger partial charge in [0.05, 0.1) is 11.6 Å². The highest BCUT2D eigenvalue weighted by atomic mass is 79.9. The Kier molecular flexibility index (Phi) is 4.81. The summed E-state index contributed by atoms with van der Waals surface area (Å²) in [6.45, 7) is 0.553. The highest BCUT2D eigenvalue weighted by Gasteiger charge is 1.92. The number of nitriles is 1. The van der Waals surface area contributed by atoms with Crippen molar-refractivity contribution in [3.63, 3.8) is 0 Å². The van der Waals surface area contributed by atoms with Crippen LogP contribution in [0.2, 0.25) is 0 Å². The Balaban J connectivity index is 2.45. The molecule has 0 aliphatic rings. The SMILES string of the molecule is N#Cc1ccc(OC/C=C/CBr)cc1. The number of ether oxygens (including phenoxy) is 1. The van der Waals surface area contributed by atoms with E-state index >= 15 is 0 Å². The molecule has 0 aromatic heterocycles. The number of halogens is 1. The summed E-state index contributed by atoms with van der Waals surface area (Å²) in [4.78, 5) is 0. The van der Waals surface area contributed by atoms with Gasteiger partial charge in [-0.2, -0.15) is 5.26 Å². The second kappa shape index (κ2) is 6.22. The molecule has 0 spiro atoms. The van der Waals surface area contributed by atoms with Crippen LogP contribution in [0.25, 0.3) is 0 Å². The van der Waals surface area contributed by atoms with E-state index in [0.29, 0.717) is 12.2 Å². The second-order valence-electron chi connectivity index (χ2n) is 2.57. The van der Waals surface area contributed by atoms with Gasteiger partial charge in [-0.1, -0.05) is 28.1 Å². The number of hydrogen-bond acceptors (Lipinski definition) is 2. The molecule has 0 amide bonds. The maximum Gasteiger partial charge on any atom is 0.119 e. The topological polar surface area (TPSA) is 33.0 Å². The Morgan fingerprint density at radius 1 is 1.29 bits per heavy atom. The van der Waals surface area contributed by atoms with Crippen LogP contribution in [0.3, 0.4) is 0 Å². The van der Waals surface area contributed by atoms with Crippen LogP contribution in [-0.4, -0.2) is 11.9 Å². The molecule has 1 aromatic carbocycles. The molecule has 0 aliphatic heterocycles. The molecule has 0 N–H and O–H groups in total. The number of allylic oxidation sites excluding steroid dienone is 1. The van der Waals surface area contributed by atoms with Gasteiger partial charge in [0, 0.05) is 5.33 Å². The molecule has 0 aliphatic carbocycles. The first-order valence-corrected chi connectivity index (χ1v) is 5.33. The van der Waals surface area contributed by atoms with Crippen molar-refractivity contribution >= 4 is 15.9 Å². The Bertz CT molecular complexity index is 337. The summed E-state index contributed by atoms with van der Waals surface area (Å²) in [7, 11) is 0. The summed E-state index contributed by atoms with van der Waals surface area (Å²) >= 11 is 3.28. The molecule has 0 radical (unpaired) electrons. The highest BCUT2D eigenvalue weighted by molar-refractivity contribution is 9.09. The normalized spacial score (nSPS) is 10.0. The van der Waals surface area contributed by atoms with E-state index in [1.54, 1.807) is 24.3 Å². The first-order chi connectivity index (χ1) is 6.86. The molecule has 0 heterocycles. The average Bonchev–Trinajstić information content (AvgIpc) is 2.25. The second-order valence-corrected chi connectivity index (χ2v) is 3.22. The fourth-order valence-corrected chi connectivity index (χ4v) is 1.17. The van der Waals surface area contributed by atoms with Gasteiger partial charge >= 0.3 is 0 Å². The molecule has 72 valence electrons. The van der Waals surface area contributed by atoms with E-state index in [2.05, 4.69) is 22.0 Å². The summed E-state index contributed by atoms with van der Waals surface area (Å²) in [5, 5.41) is 9.40. The molecular formula is C11H10BrNO. The monoisotopic (exact) mass is 251 g/mol. The molecule has 2 nitrogen and oxygen atoms in total. The van der Waals surface area contributed by atoms with Crippen molar-refractivity contribution in [3.8, 4) is 11.8 Å². The van der Waals surface area contributed by atoms with Gasteiger partial charge in [0.1, 0.15) is 12.4 Å². The van der Waals surface area contributed by atoms with Gasteiger partial charge in [0.15, 0.2) is 0 Å². The minimum Gasteiger partial charge on any atom is -0.490 e. The molecular weight excluding hydrogens is 242 g/mol. The van der Waals surface area contributed by atoms with Crippen molar-refractivity contribution in [1.29, 1.82) is 5.26 Å². The van der Waals surface area contributed by atoms with Crippen molar-refractivity contribution < 1.29 is 4.74 Å². The Hall–Kier alpha value is -1.27. The number of benzene rings is 1. The lowest BCUT2D eigenvalue weighted by Crippen LogP contribution is -1.92. The number of alkyl halides is 1. The third-order valence-corrected chi connectivity index (χ3v) is 1.96. The molecule has 1 aromatic rings. The van der Waals surface area contributed by atoms with Gasteiger partial charge in [0.25, 0.3) is 0 Å². The van der Waals surface area contributed by atoms with Gasteiger partial charge in [0.2, 0.25) is 0 Å². The Labute approximate surface area is 91.9 Å². The molecule has 3 heteroatoms. The summed E-state index contributed by atoms with van der Waals surface area (Å²) in [5.41, 5.74) is 0.647. The van der Waals surface area contributed by atoms with Crippen LogP contribution in [0.4, 0.5) is 0 Å². The van der Waals surface area contributed by atoms with E-state index in [-0.39, 0.29) is 0 Å². The Morgan fingerprint density at radius 3 is 2.57 bits per heavy atom. The lowest BCUT2D eigenvalue weighted by Gasteiger charge is -2.01. The predicted octanol–water partition coefficient (Wildman–Crippen LogP) is 2.89. The zero-order valence-electron chi connectivity index (χ0n) is 7.61. The van der Waals surface area contributed by atoms with E-state index in [0.717, 1.165) is 11.1 Å². The van der Waals surface area contributed by atoms with Crippen LogP contribution >= 0.6 is 15.9 Å². The van der Waals surface area contributed by atoms with Crippen LogP contribution < -0.4 is 4.74 Å². The minimum absolute atomic E-state index is 0.553. The fourth-order valence-electron chi connectivity index (χ4n) is 0.901. The van der Waals surface area contributed by atoms with Crippen molar-refractivity contribution in [2.24, 2.45) is 0 Å². The molecule has 14 heavy (non-hydrogen) atoms. The highest BCUT2D eigenvalue weighted by Crippen LogP contribution is 2.11. The number of hydrogen-bond donors (Lipinski definition) is 0. The van der Waals surface area contributed by atoms with E-state index in [9.17, 15) is 0 Å². The van der Waals surface area contributed by atoms with E-state index in [4.69, 9.17) is 10.00 Å². The fraction of sp³-hybridized carbons (Fsp3) is 0.182. The molecule has 0 fully saturated rings.